The maximum atomic E-state index is 12.8. The first-order chi connectivity index (χ1) is 13.5. The van der Waals surface area contributed by atoms with Crippen LogP contribution in [0.15, 0.2) is 48.5 Å². The minimum atomic E-state index is -1.18. The third kappa shape index (κ3) is 3.13. The zero-order valence-electron chi connectivity index (χ0n) is 15.2. The predicted octanol–water partition coefficient (Wildman–Crippen LogP) is 1.50. The molecule has 144 valence electrons. The average molecular weight is 381 g/mol. The van der Waals surface area contributed by atoms with Gasteiger partial charge in [-0.1, -0.05) is 36.4 Å². The SMILES string of the molecule is C[C@]1(c2ccccc2)NC(=O)N(CC(=O)NCc2ccc3c(c2)OCO3)C1=O. The molecule has 0 unspecified atom stereocenters. The number of nitrogens with zero attached hydrogens (tertiary/aromatic N) is 1. The second kappa shape index (κ2) is 6.88. The van der Waals surface area contributed by atoms with Gasteiger partial charge in [0.05, 0.1) is 0 Å². The van der Waals surface area contributed by atoms with Crippen molar-refractivity contribution in [1.82, 2.24) is 15.5 Å². The van der Waals surface area contributed by atoms with Gasteiger partial charge in [0.2, 0.25) is 12.7 Å². The number of ether oxygens (including phenoxy) is 2. The molecular weight excluding hydrogens is 362 g/mol. The number of nitrogens with one attached hydrogen (secondary N) is 2. The maximum absolute atomic E-state index is 12.8. The van der Waals surface area contributed by atoms with Crippen molar-refractivity contribution in [2.45, 2.75) is 19.0 Å². The predicted molar refractivity (Wildman–Crippen MR) is 98.5 cm³/mol. The summed E-state index contributed by atoms with van der Waals surface area (Å²) in [5.74, 6) is 0.398. The molecular formula is C20H19N3O5. The van der Waals surface area contributed by atoms with E-state index < -0.39 is 23.4 Å². The molecule has 0 aromatic heterocycles. The molecule has 0 radical (unpaired) electrons. The van der Waals surface area contributed by atoms with Gasteiger partial charge < -0.3 is 20.1 Å². The van der Waals surface area contributed by atoms with E-state index in [1.54, 1.807) is 43.3 Å². The first-order valence-electron chi connectivity index (χ1n) is 8.82. The van der Waals surface area contributed by atoms with Crippen molar-refractivity contribution in [2.24, 2.45) is 0 Å². The third-order valence-corrected chi connectivity index (χ3v) is 4.85. The van der Waals surface area contributed by atoms with Crippen molar-refractivity contribution in [3.8, 4) is 11.5 Å². The van der Waals surface area contributed by atoms with E-state index in [1.165, 1.54) is 0 Å². The summed E-state index contributed by atoms with van der Waals surface area (Å²) in [6, 6.07) is 13.7. The topological polar surface area (TPSA) is 97.0 Å². The van der Waals surface area contributed by atoms with Gasteiger partial charge in [0.15, 0.2) is 11.5 Å². The Kier molecular flexibility index (Phi) is 4.38. The van der Waals surface area contributed by atoms with Crippen molar-refractivity contribution < 1.29 is 23.9 Å². The molecule has 2 aromatic rings. The van der Waals surface area contributed by atoms with Crippen LogP contribution in [-0.2, 0) is 21.7 Å². The van der Waals surface area contributed by atoms with Crippen LogP contribution in [0.5, 0.6) is 11.5 Å². The molecule has 4 amide bonds. The number of carbonyl (C=O) groups excluding carboxylic acids is 3. The average Bonchev–Trinajstić information content (AvgIpc) is 3.25. The van der Waals surface area contributed by atoms with Gasteiger partial charge in [-0.3, -0.25) is 14.5 Å². The van der Waals surface area contributed by atoms with Crippen LogP contribution >= 0.6 is 0 Å². The fraction of sp³-hybridized carbons (Fsp3) is 0.250. The van der Waals surface area contributed by atoms with Crippen molar-refractivity contribution in [3.05, 3.63) is 59.7 Å². The standard InChI is InChI=1S/C20H19N3O5/c1-20(14-5-3-2-4-6-14)18(25)23(19(26)22-20)11-17(24)21-10-13-7-8-15-16(9-13)28-12-27-15/h2-9H,10-12H2,1H3,(H,21,24)(H,22,26)/t20-/m1/s1. The lowest BCUT2D eigenvalue weighted by atomic mass is 9.92. The molecule has 1 fully saturated rings. The second-order valence-corrected chi connectivity index (χ2v) is 6.78. The smallest absolute Gasteiger partial charge is 0.325 e. The Hall–Kier alpha value is -3.55. The van der Waals surface area contributed by atoms with Gasteiger partial charge in [-0.15, -0.1) is 0 Å². The maximum Gasteiger partial charge on any atom is 0.325 e. The van der Waals surface area contributed by atoms with Gasteiger partial charge in [0.1, 0.15) is 12.1 Å². The fourth-order valence-corrected chi connectivity index (χ4v) is 3.26. The van der Waals surface area contributed by atoms with Crippen molar-refractivity contribution in [3.63, 3.8) is 0 Å². The molecule has 1 atom stereocenters. The quantitative estimate of drug-likeness (QED) is 0.765. The molecule has 2 heterocycles. The number of fused-ring (bicyclic) bond motifs is 1. The van der Waals surface area contributed by atoms with Gasteiger partial charge in [0, 0.05) is 6.54 Å². The Bertz CT molecular complexity index is 946. The lowest BCUT2D eigenvalue weighted by Gasteiger charge is -2.22. The number of carbonyl (C=O) groups is 3. The van der Waals surface area contributed by atoms with Crippen LogP contribution in [0.4, 0.5) is 4.79 Å². The zero-order valence-corrected chi connectivity index (χ0v) is 15.2. The lowest BCUT2D eigenvalue weighted by Crippen LogP contribution is -2.43. The molecule has 0 saturated carbocycles. The molecule has 2 N–H and O–H groups in total. The highest BCUT2D eigenvalue weighted by Gasteiger charge is 2.49. The number of hydrogen-bond acceptors (Lipinski definition) is 5. The van der Waals surface area contributed by atoms with Crippen molar-refractivity contribution in [2.75, 3.05) is 13.3 Å². The Balaban J connectivity index is 1.39. The van der Waals surface area contributed by atoms with Crippen LogP contribution in [0, 0.1) is 0 Å². The third-order valence-electron chi connectivity index (χ3n) is 4.85. The first-order valence-corrected chi connectivity index (χ1v) is 8.82. The summed E-state index contributed by atoms with van der Waals surface area (Å²) >= 11 is 0. The van der Waals surface area contributed by atoms with E-state index in [1.807, 2.05) is 12.1 Å². The van der Waals surface area contributed by atoms with E-state index in [4.69, 9.17) is 9.47 Å². The Morgan fingerprint density at radius 1 is 1.14 bits per heavy atom. The van der Waals surface area contributed by atoms with Gasteiger partial charge in [0.25, 0.3) is 5.91 Å². The van der Waals surface area contributed by atoms with Crippen molar-refractivity contribution in [1.29, 1.82) is 0 Å². The van der Waals surface area contributed by atoms with Crippen LogP contribution in [-0.4, -0.2) is 36.1 Å². The van der Waals surface area contributed by atoms with Gasteiger partial charge in [-0.25, -0.2) is 4.79 Å². The highest BCUT2D eigenvalue weighted by atomic mass is 16.7. The largest absolute Gasteiger partial charge is 0.454 e. The molecule has 0 spiro atoms. The van der Waals surface area contributed by atoms with Crippen LogP contribution in [0.2, 0.25) is 0 Å². The molecule has 8 heteroatoms. The number of urea groups is 1. The van der Waals surface area contributed by atoms with E-state index >= 15 is 0 Å². The molecule has 2 aromatic carbocycles. The first kappa shape index (κ1) is 17.8. The van der Waals surface area contributed by atoms with Crippen LogP contribution in [0.1, 0.15) is 18.1 Å². The highest BCUT2D eigenvalue weighted by molar-refractivity contribution is 6.09. The Morgan fingerprint density at radius 2 is 1.89 bits per heavy atom. The molecule has 1 saturated heterocycles. The van der Waals surface area contributed by atoms with E-state index in [0.29, 0.717) is 17.1 Å². The van der Waals surface area contributed by atoms with E-state index in [2.05, 4.69) is 10.6 Å². The summed E-state index contributed by atoms with van der Waals surface area (Å²) in [4.78, 5) is 38.3. The molecule has 0 aliphatic carbocycles. The molecule has 28 heavy (non-hydrogen) atoms. The number of benzene rings is 2. The van der Waals surface area contributed by atoms with E-state index in [0.717, 1.165) is 10.5 Å². The second-order valence-electron chi connectivity index (χ2n) is 6.78. The monoisotopic (exact) mass is 381 g/mol. The number of imide groups is 1. The van der Waals surface area contributed by atoms with Gasteiger partial charge >= 0.3 is 6.03 Å². The molecule has 8 nitrogen and oxygen atoms in total. The molecule has 2 aliphatic heterocycles. The summed E-state index contributed by atoms with van der Waals surface area (Å²) in [7, 11) is 0. The number of hydrogen-bond donors (Lipinski definition) is 2. The van der Waals surface area contributed by atoms with E-state index in [-0.39, 0.29) is 19.9 Å². The van der Waals surface area contributed by atoms with E-state index in [9.17, 15) is 14.4 Å². The van der Waals surface area contributed by atoms with Crippen LogP contribution < -0.4 is 20.1 Å². The normalized spacial score (nSPS) is 20.2. The summed E-state index contributed by atoms with van der Waals surface area (Å²) in [5, 5.41) is 5.40. The summed E-state index contributed by atoms with van der Waals surface area (Å²) in [5.41, 5.74) is 0.302. The fourth-order valence-electron chi connectivity index (χ4n) is 3.26. The summed E-state index contributed by atoms with van der Waals surface area (Å²) < 4.78 is 10.6. The Labute approximate surface area is 161 Å². The highest BCUT2D eigenvalue weighted by Crippen LogP contribution is 2.32. The summed E-state index contributed by atoms with van der Waals surface area (Å²) in [6.45, 7) is 1.71. The molecule has 2 aliphatic rings. The lowest BCUT2D eigenvalue weighted by molar-refractivity contribution is -0.134. The van der Waals surface area contributed by atoms with Gasteiger partial charge in [-0.05, 0) is 30.2 Å². The summed E-state index contributed by atoms with van der Waals surface area (Å²) in [6.07, 6.45) is 0. The Morgan fingerprint density at radius 3 is 2.68 bits per heavy atom. The molecule has 4 rings (SSSR count). The minimum absolute atomic E-state index is 0.178. The van der Waals surface area contributed by atoms with Crippen LogP contribution in [0.25, 0.3) is 0 Å². The van der Waals surface area contributed by atoms with Gasteiger partial charge in [-0.2, -0.15) is 0 Å². The zero-order chi connectivity index (χ0) is 19.7. The number of rotatable bonds is 5. The molecule has 0 bridgehead atoms. The van der Waals surface area contributed by atoms with Crippen molar-refractivity contribution >= 4 is 17.8 Å². The number of amides is 4. The minimum Gasteiger partial charge on any atom is -0.454 e. The van der Waals surface area contributed by atoms with Crippen LogP contribution in [0.3, 0.4) is 0 Å².